The number of nitrogens with zero attached hydrogens (tertiary/aromatic N) is 6. The predicted molar refractivity (Wildman–Crippen MR) is 290 cm³/mol. The maximum atomic E-state index is 14.9. The molecule has 8 nitrogen and oxygen atoms in total. The quantitative estimate of drug-likeness (QED) is 0.139. The Hall–Kier alpha value is -5.54. The highest BCUT2D eigenvalue weighted by Crippen LogP contribution is 2.62. The first kappa shape index (κ1) is 44.9. The van der Waals surface area contributed by atoms with E-state index in [0.717, 1.165) is 22.5 Å². The number of amides is 2. The van der Waals surface area contributed by atoms with E-state index in [2.05, 4.69) is 6.07 Å². The molecular formula is C52H32Cl4N6O2S4. The van der Waals surface area contributed by atoms with Crippen LogP contribution in [0.15, 0.2) is 202 Å². The molecule has 68 heavy (non-hydrogen) atoms. The molecule has 2 spiro atoms. The van der Waals surface area contributed by atoms with Gasteiger partial charge < -0.3 is 0 Å². The van der Waals surface area contributed by atoms with Crippen molar-refractivity contribution in [1.29, 1.82) is 0 Å². The van der Waals surface area contributed by atoms with Crippen molar-refractivity contribution in [3.8, 4) is 0 Å². The number of carbonyl (C=O) groups is 2. The zero-order chi connectivity index (χ0) is 46.6. The molecule has 2 fully saturated rings. The number of halogens is 4. The zero-order valence-corrected chi connectivity index (χ0v) is 41.4. The lowest BCUT2D eigenvalue weighted by Gasteiger charge is -2.38. The molecule has 2 amide bonds. The summed E-state index contributed by atoms with van der Waals surface area (Å²) in [5.74, 6) is -0.403. The highest BCUT2D eigenvalue weighted by Gasteiger charge is 2.61. The van der Waals surface area contributed by atoms with E-state index in [1.807, 2.05) is 174 Å². The molecule has 0 saturated carbocycles. The van der Waals surface area contributed by atoms with Crippen molar-refractivity contribution in [2.75, 3.05) is 19.8 Å². The Morgan fingerprint density at radius 1 is 0.412 bits per heavy atom. The Labute approximate surface area is 429 Å². The third kappa shape index (κ3) is 8.10. The average Bonchev–Trinajstić information content (AvgIpc) is 4.09. The maximum absolute atomic E-state index is 14.9. The van der Waals surface area contributed by atoms with Gasteiger partial charge in [-0.15, -0.1) is 0 Å². The van der Waals surface area contributed by atoms with Gasteiger partial charge in [-0.3, -0.25) is 19.4 Å². The molecule has 0 aromatic heterocycles. The smallest absolute Gasteiger partial charge is 0.268 e. The van der Waals surface area contributed by atoms with Gasteiger partial charge in [0, 0.05) is 42.6 Å². The lowest BCUT2D eigenvalue weighted by molar-refractivity contribution is -0.115. The second-order valence-corrected chi connectivity index (χ2v) is 22.4. The molecule has 4 heterocycles. The summed E-state index contributed by atoms with van der Waals surface area (Å²) in [4.78, 5) is 34.3. The molecule has 11 rings (SSSR count). The summed E-state index contributed by atoms with van der Waals surface area (Å²) >= 11 is 31.7. The molecule has 2 unspecified atom stereocenters. The van der Waals surface area contributed by atoms with Crippen LogP contribution < -0.4 is 19.8 Å². The Morgan fingerprint density at radius 2 is 0.779 bits per heavy atom. The summed E-state index contributed by atoms with van der Waals surface area (Å²) in [7, 11) is 0. The monoisotopic (exact) mass is 1040 g/mol. The predicted octanol–water partition coefficient (Wildman–Crippen LogP) is 15.0. The minimum absolute atomic E-state index is 0.202. The highest BCUT2D eigenvalue weighted by molar-refractivity contribution is 8.29. The Morgan fingerprint density at radius 3 is 1.15 bits per heavy atom. The SMILES string of the molecule is O=C1/C(=C/c2ccc(Cl)cc2Cl)SC2(SC(c3cccc(C4=NN(c5ccccc5)C5(S4)S/C(=C/c4ccc(Cl)cc4Cl)C(=O)N5c4ccccc4)c3)=NN2c2ccccc2)N1c1ccccc1. The molecule has 7 aromatic rings. The van der Waals surface area contributed by atoms with Crippen LogP contribution in [0.3, 0.4) is 0 Å². The number of para-hydroxylation sites is 4. The number of rotatable bonds is 8. The topological polar surface area (TPSA) is 71.8 Å². The third-order valence-corrected chi connectivity index (χ3v) is 17.8. The van der Waals surface area contributed by atoms with Gasteiger partial charge in [-0.1, -0.05) is 173 Å². The van der Waals surface area contributed by atoms with E-state index >= 15 is 0 Å². The standard InChI is InChI=1S/C52H32Cl4N6O2S4/c53-37-26-24-33(43(55)31-37)29-45-49(63)59(39-16-5-1-6-17-39)51(65-45)61(41-20-9-3-10-21-41)57-47(67-51)35-14-13-15-36(28-35)48-58-62(42-22-11-4-12-23-42)52(68-48)60(40-18-7-2-8-19-40)50(64)46(66-52)30-34-25-27-38(54)32-44(34)56/h1-32H/b45-29-,46-30+. The van der Waals surface area contributed by atoms with Crippen molar-refractivity contribution in [2.24, 2.45) is 10.2 Å². The van der Waals surface area contributed by atoms with Crippen LogP contribution in [0.25, 0.3) is 12.2 Å². The summed E-state index contributed by atoms with van der Waals surface area (Å²) in [6.07, 6.45) is 3.63. The van der Waals surface area contributed by atoms with Crippen molar-refractivity contribution in [1.82, 2.24) is 0 Å². The molecule has 0 aliphatic carbocycles. The molecule has 0 N–H and O–H groups in total. The van der Waals surface area contributed by atoms with E-state index in [1.54, 1.807) is 34.1 Å². The second kappa shape index (κ2) is 18.4. The van der Waals surface area contributed by atoms with Gasteiger partial charge in [0.15, 0.2) is 0 Å². The van der Waals surface area contributed by atoms with E-state index in [0.29, 0.717) is 62.5 Å². The number of hydrazone groups is 2. The van der Waals surface area contributed by atoms with Crippen LogP contribution in [0, 0.1) is 0 Å². The van der Waals surface area contributed by atoms with E-state index in [1.165, 1.54) is 47.0 Å². The van der Waals surface area contributed by atoms with Crippen LogP contribution >= 0.6 is 93.5 Å². The van der Waals surface area contributed by atoms with Crippen molar-refractivity contribution in [3.63, 3.8) is 0 Å². The molecule has 0 bridgehead atoms. The van der Waals surface area contributed by atoms with Gasteiger partial charge >= 0.3 is 0 Å². The number of hydrogen-bond acceptors (Lipinski definition) is 10. The Balaban J connectivity index is 1.01. The van der Waals surface area contributed by atoms with Gasteiger partial charge in [0.05, 0.1) is 21.2 Å². The van der Waals surface area contributed by atoms with Gasteiger partial charge in [-0.05, 0) is 126 Å². The van der Waals surface area contributed by atoms with Crippen molar-refractivity contribution in [2.45, 2.75) is 8.65 Å². The molecule has 2 saturated heterocycles. The van der Waals surface area contributed by atoms with Gasteiger partial charge in [-0.25, -0.2) is 10.0 Å². The van der Waals surface area contributed by atoms with Crippen molar-refractivity contribution >= 4 is 150 Å². The molecule has 0 radical (unpaired) electrons. The molecule has 16 heteroatoms. The van der Waals surface area contributed by atoms with E-state index in [-0.39, 0.29) is 11.8 Å². The number of hydrogen-bond donors (Lipinski definition) is 0. The zero-order valence-electron chi connectivity index (χ0n) is 35.1. The summed E-state index contributed by atoms with van der Waals surface area (Å²) in [6.45, 7) is 0. The lowest BCUT2D eigenvalue weighted by atomic mass is 10.1. The minimum Gasteiger partial charge on any atom is -0.268 e. The molecule has 4 aliphatic rings. The Kier molecular flexibility index (Phi) is 12.2. The number of anilines is 4. The van der Waals surface area contributed by atoms with Crippen molar-refractivity contribution in [3.05, 3.63) is 234 Å². The van der Waals surface area contributed by atoms with E-state index < -0.39 is 8.65 Å². The fourth-order valence-electron chi connectivity index (χ4n) is 8.05. The first-order valence-electron chi connectivity index (χ1n) is 21.0. The summed E-state index contributed by atoms with van der Waals surface area (Å²) in [6, 6.07) is 57.5. The third-order valence-electron chi connectivity index (χ3n) is 11.1. The minimum atomic E-state index is -1.13. The number of carbonyl (C=O) groups excluding carboxylic acids is 2. The first-order valence-corrected chi connectivity index (χ1v) is 25.8. The maximum Gasteiger partial charge on any atom is 0.268 e. The lowest BCUT2D eigenvalue weighted by Crippen LogP contribution is -2.51. The summed E-state index contributed by atoms with van der Waals surface area (Å²) < 4.78 is -2.26. The van der Waals surface area contributed by atoms with Crippen LogP contribution in [0.4, 0.5) is 22.7 Å². The molecule has 2 atom stereocenters. The Bertz CT molecular complexity index is 3060. The molecule has 4 aliphatic heterocycles. The second-order valence-electron chi connectivity index (χ2n) is 15.5. The summed E-state index contributed by atoms with van der Waals surface area (Å²) in [5, 5.41) is 17.8. The van der Waals surface area contributed by atoms with Crippen LogP contribution in [0.5, 0.6) is 0 Å². The normalized spacial score (nSPS) is 21.3. The largest absolute Gasteiger partial charge is 0.268 e. The fraction of sp³-hybridized carbons (Fsp3) is 0.0385. The first-order chi connectivity index (χ1) is 33.1. The fourth-order valence-corrected chi connectivity index (χ4v) is 14.9. The van der Waals surface area contributed by atoms with Crippen LogP contribution in [-0.2, 0) is 9.59 Å². The van der Waals surface area contributed by atoms with Crippen LogP contribution in [0.2, 0.25) is 20.1 Å². The van der Waals surface area contributed by atoms with E-state index in [4.69, 9.17) is 56.6 Å². The number of benzene rings is 7. The number of thioether (sulfide) groups is 4. The highest BCUT2D eigenvalue weighted by atomic mass is 35.5. The van der Waals surface area contributed by atoms with Gasteiger partial charge in [0.1, 0.15) is 10.1 Å². The van der Waals surface area contributed by atoms with Gasteiger partial charge in [-0.2, -0.15) is 10.2 Å². The van der Waals surface area contributed by atoms with Crippen LogP contribution in [-0.4, -0.2) is 30.6 Å². The van der Waals surface area contributed by atoms with E-state index in [9.17, 15) is 9.59 Å². The average molecular weight is 1040 g/mol. The summed E-state index contributed by atoms with van der Waals surface area (Å²) in [5.41, 5.74) is 5.96. The van der Waals surface area contributed by atoms with Gasteiger partial charge in [0.25, 0.3) is 11.8 Å². The molecule has 7 aromatic carbocycles. The van der Waals surface area contributed by atoms with Gasteiger partial charge in [0.2, 0.25) is 8.65 Å². The van der Waals surface area contributed by atoms with Crippen LogP contribution in [0.1, 0.15) is 22.3 Å². The van der Waals surface area contributed by atoms with Crippen molar-refractivity contribution < 1.29 is 9.59 Å². The molecular weight excluding hydrogens is 1010 g/mol. The molecule has 334 valence electrons.